The first-order chi connectivity index (χ1) is 9.99. The van der Waals surface area contributed by atoms with Crippen molar-refractivity contribution in [3.05, 3.63) is 35.7 Å². The maximum Gasteiger partial charge on any atom is 0.328 e. The van der Waals surface area contributed by atoms with Crippen LogP contribution in [-0.4, -0.2) is 46.1 Å². The first-order valence-corrected chi connectivity index (χ1v) is 6.84. The Balaban J connectivity index is 2.23. The molecule has 21 heavy (non-hydrogen) atoms. The predicted molar refractivity (Wildman–Crippen MR) is 82.9 cm³/mol. The number of aromatic amines is 1. The smallest absolute Gasteiger partial charge is 0.328 e. The Labute approximate surface area is 123 Å². The summed E-state index contributed by atoms with van der Waals surface area (Å²) in [5, 5.41) is 8.64. The highest BCUT2D eigenvalue weighted by molar-refractivity contribution is 5.86. The fraction of sp³-hybridized carbons (Fsp3) is 0.333. The van der Waals surface area contributed by atoms with Gasteiger partial charge in [-0.05, 0) is 37.4 Å². The minimum atomic E-state index is -0.968. The monoisotopic (exact) mass is 288 g/mol. The number of hydrogen-bond acceptors (Lipinski definition) is 4. The van der Waals surface area contributed by atoms with Crippen molar-refractivity contribution in [1.29, 1.82) is 0 Å². The molecule has 0 fully saturated rings. The van der Waals surface area contributed by atoms with Gasteiger partial charge in [-0.3, -0.25) is 0 Å². The van der Waals surface area contributed by atoms with Crippen molar-refractivity contribution in [2.45, 2.75) is 13.0 Å². The Kier molecular flexibility index (Phi) is 4.72. The minimum Gasteiger partial charge on any atom is -0.478 e. The van der Waals surface area contributed by atoms with Crippen LogP contribution in [0.15, 0.2) is 24.3 Å². The molecule has 6 nitrogen and oxygen atoms in total. The van der Waals surface area contributed by atoms with E-state index in [0.717, 1.165) is 41.6 Å². The highest BCUT2D eigenvalue weighted by Gasteiger charge is 2.13. The van der Waals surface area contributed by atoms with Crippen LogP contribution in [0.1, 0.15) is 24.4 Å². The number of likely N-dealkylation sites (N-methyl/N-ethyl adjacent to an activating group) is 1. The third-order valence-electron chi connectivity index (χ3n) is 3.34. The summed E-state index contributed by atoms with van der Waals surface area (Å²) in [6, 6.07) is 5.37. The van der Waals surface area contributed by atoms with Crippen LogP contribution in [-0.2, 0) is 4.79 Å². The number of nitrogens with two attached hydrogens (primary N) is 1. The van der Waals surface area contributed by atoms with Crippen LogP contribution >= 0.6 is 0 Å². The Morgan fingerprint density at radius 2 is 2.33 bits per heavy atom. The van der Waals surface area contributed by atoms with Crippen LogP contribution in [0.3, 0.4) is 0 Å². The number of aliphatic carboxylic acids is 1. The molecule has 0 saturated heterocycles. The molecule has 112 valence electrons. The lowest BCUT2D eigenvalue weighted by molar-refractivity contribution is -0.131. The number of carboxylic acid groups (broad SMARTS) is 1. The van der Waals surface area contributed by atoms with E-state index in [1.54, 1.807) is 6.08 Å². The minimum absolute atomic E-state index is 0.180. The van der Waals surface area contributed by atoms with Crippen molar-refractivity contribution in [3.63, 3.8) is 0 Å². The van der Waals surface area contributed by atoms with Crippen LogP contribution < -0.4 is 5.73 Å². The molecule has 0 bridgehead atoms. The molecule has 4 N–H and O–H groups in total. The van der Waals surface area contributed by atoms with Gasteiger partial charge in [0.1, 0.15) is 5.82 Å². The molecule has 1 heterocycles. The Morgan fingerprint density at radius 3 is 3.00 bits per heavy atom. The number of imidazole rings is 1. The lowest BCUT2D eigenvalue weighted by Crippen LogP contribution is -2.29. The Morgan fingerprint density at radius 1 is 1.57 bits per heavy atom. The van der Waals surface area contributed by atoms with E-state index in [1.807, 2.05) is 25.2 Å². The van der Waals surface area contributed by atoms with Crippen molar-refractivity contribution in [3.8, 4) is 0 Å². The zero-order valence-corrected chi connectivity index (χ0v) is 12.2. The van der Waals surface area contributed by atoms with E-state index in [0.29, 0.717) is 0 Å². The van der Waals surface area contributed by atoms with Crippen LogP contribution in [0.5, 0.6) is 0 Å². The lowest BCUT2D eigenvalue weighted by Gasteiger charge is -2.17. The molecular formula is C15H20N4O2. The third kappa shape index (κ3) is 3.90. The van der Waals surface area contributed by atoms with Gasteiger partial charge in [0, 0.05) is 12.6 Å². The number of nitrogens with zero attached hydrogens (tertiary/aromatic N) is 2. The quantitative estimate of drug-likeness (QED) is 0.702. The molecule has 0 aliphatic rings. The molecule has 0 radical (unpaired) electrons. The summed E-state index contributed by atoms with van der Waals surface area (Å²) in [5.74, 6) is -0.227. The molecule has 1 atom stereocenters. The van der Waals surface area contributed by atoms with E-state index in [1.165, 1.54) is 0 Å². The van der Waals surface area contributed by atoms with Crippen molar-refractivity contribution in [2.24, 2.45) is 5.73 Å². The summed E-state index contributed by atoms with van der Waals surface area (Å²) in [4.78, 5) is 20.4. The van der Waals surface area contributed by atoms with Gasteiger partial charge in [-0.25, -0.2) is 9.78 Å². The first kappa shape index (κ1) is 15.2. The number of hydrogen-bond donors (Lipinski definition) is 3. The van der Waals surface area contributed by atoms with Crippen LogP contribution in [0.25, 0.3) is 17.1 Å². The maximum absolute atomic E-state index is 10.5. The average molecular weight is 288 g/mol. The van der Waals surface area contributed by atoms with Crippen LogP contribution in [0, 0.1) is 0 Å². The summed E-state index contributed by atoms with van der Waals surface area (Å²) >= 11 is 0. The Hall–Kier alpha value is -2.18. The van der Waals surface area contributed by atoms with Gasteiger partial charge >= 0.3 is 5.97 Å². The van der Waals surface area contributed by atoms with Gasteiger partial charge in [-0.15, -0.1) is 0 Å². The second-order valence-electron chi connectivity index (χ2n) is 5.03. The lowest BCUT2D eigenvalue weighted by atomic mass is 10.2. The highest BCUT2D eigenvalue weighted by atomic mass is 16.4. The number of aromatic nitrogens is 2. The number of nitrogens with one attached hydrogen (secondary N) is 1. The van der Waals surface area contributed by atoms with Gasteiger partial charge in [0.25, 0.3) is 0 Å². The van der Waals surface area contributed by atoms with E-state index in [2.05, 4.69) is 21.8 Å². The van der Waals surface area contributed by atoms with Crippen molar-refractivity contribution in [1.82, 2.24) is 14.9 Å². The van der Waals surface area contributed by atoms with E-state index in [-0.39, 0.29) is 6.04 Å². The molecule has 0 amide bonds. The maximum atomic E-state index is 10.5. The summed E-state index contributed by atoms with van der Waals surface area (Å²) in [6.45, 7) is 3.73. The third-order valence-corrected chi connectivity index (χ3v) is 3.34. The number of carboxylic acids is 1. The molecule has 1 unspecified atom stereocenters. The summed E-state index contributed by atoms with van der Waals surface area (Å²) < 4.78 is 0. The molecule has 2 rings (SSSR count). The van der Waals surface area contributed by atoms with E-state index in [9.17, 15) is 4.79 Å². The average Bonchev–Trinajstić information content (AvgIpc) is 2.88. The summed E-state index contributed by atoms with van der Waals surface area (Å²) in [7, 11) is 2.01. The second-order valence-corrected chi connectivity index (χ2v) is 5.03. The highest BCUT2D eigenvalue weighted by Crippen LogP contribution is 2.18. The molecule has 2 aromatic rings. The molecule has 0 aliphatic heterocycles. The molecule has 0 aliphatic carbocycles. The summed E-state index contributed by atoms with van der Waals surface area (Å²) in [5.41, 5.74) is 8.63. The van der Waals surface area contributed by atoms with Gasteiger partial charge < -0.3 is 20.7 Å². The molecule has 1 aromatic heterocycles. The zero-order chi connectivity index (χ0) is 15.4. The van der Waals surface area contributed by atoms with Gasteiger partial charge in [-0.2, -0.15) is 0 Å². The van der Waals surface area contributed by atoms with Gasteiger partial charge in [-0.1, -0.05) is 13.0 Å². The normalized spacial score (nSPS) is 13.3. The van der Waals surface area contributed by atoms with E-state index < -0.39 is 5.97 Å². The number of H-pyrrole nitrogens is 1. The van der Waals surface area contributed by atoms with Crippen molar-refractivity contribution in [2.75, 3.05) is 20.1 Å². The fourth-order valence-corrected chi connectivity index (χ4v) is 2.05. The van der Waals surface area contributed by atoms with Crippen molar-refractivity contribution < 1.29 is 9.90 Å². The molecule has 1 aromatic carbocycles. The van der Waals surface area contributed by atoms with Gasteiger partial charge in [0.05, 0.1) is 17.1 Å². The molecule has 0 saturated carbocycles. The molecule has 0 spiro atoms. The topological polar surface area (TPSA) is 95.2 Å². The SMILES string of the molecule is CCN(C)CC(N)c1nc2ccc(/C=C/C(=O)O)cc2[nH]1. The fourth-order valence-electron chi connectivity index (χ4n) is 2.05. The zero-order valence-electron chi connectivity index (χ0n) is 12.2. The number of fused-ring (bicyclic) bond motifs is 1. The van der Waals surface area contributed by atoms with Crippen LogP contribution in [0.2, 0.25) is 0 Å². The van der Waals surface area contributed by atoms with Gasteiger partial charge in [0.15, 0.2) is 0 Å². The number of carbonyl (C=O) groups is 1. The first-order valence-electron chi connectivity index (χ1n) is 6.84. The van der Waals surface area contributed by atoms with Gasteiger partial charge in [0.2, 0.25) is 0 Å². The van der Waals surface area contributed by atoms with Crippen LogP contribution in [0.4, 0.5) is 0 Å². The number of rotatable bonds is 6. The molecule has 6 heteroatoms. The second kappa shape index (κ2) is 6.51. The Bertz CT molecular complexity index is 663. The standard InChI is InChI=1S/C15H20N4O2/c1-3-19(2)9-11(16)15-17-12-6-4-10(5-7-14(20)21)8-13(12)18-15/h4-8,11H,3,9,16H2,1-2H3,(H,17,18)(H,20,21)/b7-5+. The number of benzene rings is 1. The van der Waals surface area contributed by atoms with E-state index >= 15 is 0 Å². The molecular weight excluding hydrogens is 268 g/mol. The van der Waals surface area contributed by atoms with Crippen molar-refractivity contribution >= 4 is 23.1 Å². The predicted octanol–water partition coefficient (Wildman–Crippen LogP) is 1.61. The summed E-state index contributed by atoms with van der Waals surface area (Å²) in [6.07, 6.45) is 2.66. The largest absolute Gasteiger partial charge is 0.478 e. The van der Waals surface area contributed by atoms with E-state index in [4.69, 9.17) is 10.8 Å².